The first kappa shape index (κ1) is 36.3. The third kappa shape index (κ3) is 12.2. The van der Waals surface area contributed by atoms with Gasteiger partial charge in [-0.15, -0.1) is 28.5 Å². The second-order valence-electron chi connectivity index (χ2n) is 9.18. The fourth-order valence-electron chi connectivity index (χ4n) is 3.55. The smallest absolute Gasteiger partial charge is 0.475 e. The van der Waals surface area contributed by atoms with E-state index in [0.717, 1.165) is 11.3 Å². The van der Waals surface area contributed by atoms with Gasteiger partial charge in [0.25, 0.3) is 5.91 Å². The largest absolute Gasteiger partial charge is 0.573 e. The molecule has 0 fully saturated rings. The van der Waals surface area contributed by atoms with Gasteiger partial charge in [-0.05, 0) is 41.8 Å². The van der Waals surface area contributed by atoms with Gasteiger partial charge < -0.3 is 20.5 Å². The highest BCUT2D eigenvalue weighted by Crippen LogP contribution is 2.28. The van der Waals surface area contributed by atoms with Gasteiger partial charge in [0.05, 0.1) is 24.9 Å². The third-order valence-corrected chi connectivity index (χ3v) is 6.47. The molecule has 252 valence electrons. The predicted octanol–water partition coefficient (Wildman–Crippen LogP) is 4.24. The number of nitrogens with one attached hydrogen (secondary N) is 2. The Morgan fingerprint density at radius 3 is 2.40 bits per heavy atom. The van der Waals surface area contributed by atoms with Crippen molar-refractivity contribution >= 4 is 34.3 Å². The molecular weight excluding hydrogens is 669 g/mol. The van der Waals surface area contributed by atoms with E-state index in [1.807, 2.05) is 0 Å². The number of aryl methyl sites for hydroxylation is 1. The molecule has 4 aromatic rings. The van der Waals surface area contributed by atoms with Crippen LogP contribution in [0.2, 0.25) is 0 Å². The minimum absolute atomic E-state index is 0.0852. The molecule has 13 nitrogen and oxygen atoms in total. The Balaban J connectivity index is 0.000000771. The molecule has 0 aliphatic carbocycles. The van der Waals surface area contributed by atoms with Crippen LogP contribution in [0, 0.1) is 0 Å². The number of pyridine rings is 1. The van der Waals surface area contributed by atoms with E-state index in [-0.39, 0.29) is 42.4 Å². The van der Waals surface area contributed by atoms with Crippen LogP contribution in [0.4, 0.5) is 35.9 Å². The summed E-state index contributed by atoms with van der Waals surface area (Å²) in [6, 6.07) is 8.67. The molecule has 4 rings (SSSR count). The number of hydrogen-bond donors (Lipinski definition) is 3. The summed E-state index contributed by atoms with van der Waals surface area (Å²) in [6.45, 7) is -0.0852. The molecule has 1 unspecified atom stereocenters. The number of aliphatic carboxylic acids is 1. The van der Waals surface area contributed by atoms with Gasteiger partial charge in [0.15, 0.2) is 5.69 Å². The maximum absolute atomic E-state index is 14.4. The Labute approximate surface area is 263 Å². The predicted molar refractivity (Wildman–Crippen MR) is 149 cm³/mol. The van der Waals surface area contributed by atoms with E-state index in [1.54, 1.807) is 18.2 Å². The molecule has 3 aromatic heterocycles. The maximum Gasteiger partial charge on any atom is 0.573 e. The van der Waals surface area contributed by atoms with Gasteiger partial charge in [-0.3, -0.25) is 14.6 Å². The summed E-state index contributed by atoms with van der Waals surface area (Å²) >= 11 is 1.10. The summed E-state index contributed by atoms with van der Waals surface area (Å²) in [5.74, 6) is -3.96. The summed E-state index contributed by atoms with van der Waals surface area (Å²) < 4.78 is 89.0. The van der Waals surface area contributed by atoms with E-state index in [9.17, 15) is 40.3 Å². The summed E-state index contributed by atoms with van der Waals surface area (Å²) in [5.41, 5.74) is 1.49. The van der Waals surface area contributed by atoms with Crippen molar-refractivity contribution in [3.63, 3.8) is 0 Å². The SMILES string of the molecule is CNC(=O)c1cn(CC(F)CCc2nnc(NC(=O)Cc3cc(-c4cccc(OC(F)(F)F)c4)ccn3)s2)nn1.O=C(O)C(F)(F)F. The summed E-state index contributed by atoms with van der Waals surface area (Å²) in [6.07, 6.45) is -8.10. The molecule has 3 heterocycles. The number of nitrogens with zero attached hydrogens (tertiary/aromatic N) is 6. The normalized spacial score (nSPS) is 12.0. The number of hydrogen-bond acceptors (Lipinski definition) is 10. The molecule has 0 spiro atoms. The number of carboxylic acid groups (broad SMARTS) is 1. The molecule has 2 amide bonds. The van der Waals surface area contributed by atoms with E-state index >= 15 is 0 Å². The van der Waals surface area contributed by atoms with Crippen molar-refractivity contribution in [3.05, 3.63) is 65.2 Å². The van der Waals surface area contributed by atoms with Gasteiger partial charge in [-0.2, -0.15) is 13.2 Å². The topological polar surface area (TPSA) is 174 Å². The highest BCUT2D eigenvalue weighted by molar-refractivity contribution is 7.15. The zero-order valence-corrected chi connectivity index (χ0v) is 24.7. The lowest BCUT2D eigenvalue weighted by Crippen LogP contribution is -2.21. The summed E-state index contributed by atoms with van der Waals surface area (Å²) in [4.78, 5) is 37.1. The first-order valence-corrected chi connectivity index (χ1v) is 13.8. The number of anilines is 1. The number of amides is 2. The second-order valence-corrected chi connectivity index (χ2v) is 10.2. The van der Waals surface area contributed by atoms with Gasteiger partial charge in [0.1, 0.15) is 16.9 Å². The Kier molecular flexibility index (Phi) is 12.2. The first-order chi connectivity index (χ1) is 22.0. The highest BCUT2D eigenvalue weighted by Gasteiger charge is 2.38. The van der Waals surface area contributed by atoms with Crippen LogP contribution in [0.3, 0.4) is 0 Å². The van der Waals surface area contributed by atoms with Crippen molar-refractivity contribution in [2.75, 3.05) is 12.4 Å². The molecule has 1 atom stereocenters. The van der Waals surface area contributed by atoms with E-state index in [1.165, 1.54) is 42.3 Å². The zero-order chi connectivity index (χ0) is 34.8. The van der Waals surface area contributed by atoms with Crippen LogP contribution in [-0.4, -0.2) is 78.8 Å². The number of carbonyl (C=O) groups excluding carboxylic acids is 2. The number of aromatic nitrogens is 6. The molecule has 47 heavy (non-hydrogen) atoms. The molecule has 0 radical (unpaired) electrons. The van der Waals surface area contributed by atoms with Gasteiger partial charge in [0.2, 0.25) is 11.0 Å². The van der Waals surface area contributed by atoms with Crippen molar-refractivity contribution in [3.8, 4) is 16.9 Å². The molecule has 1 aromatic carbocycles. The monoisotopic (exact) mass is 692 g/mol. The Hall–Kier alpha value is -5.21. The van der Waals surface area contributed by atoms with Crippen LogP contribution >= 0.6 is 11.3 Å². The number of halogens is 7. The maximum atomic E-state index is 14.4. The van der Waals surface area contributed by atoms with Crippen LogP contribution in [0.5, 0.6) is 5.75 Å². The van der Waals surface area contributed by atoms with E-state index < -0.39 is 36.5 Å². The molecule has 21 heteroatoms. The van der Waals surface area contributed by atoms with Crippen molar-refractivity contribution in [1.82, 2.24) is 35.5 Å². The second kappa shape index (κ2) is 15.9. The van der Waals surface area contributed by atoms with Crippen LogP contribution in [0.25, 0.3) is 11.1 Å². The average molecular weight is 693 g/mol. The minimum Gasteiger partial charge on any atom is -0.475 e. The van der Waals surface area contributed by atoms with Gasteiger partial charge in [-0.1, -0.05) is 28.7 Å². The fraction of sp³-hybridized carbons (Fsp3) is 0.308. The Morgan fingerprint density at radius 2 is 1.74 bits per heavy atom. The van der Waals surface area contributed by atoms with Crippen molar-refractivity contribution in [2.24, 2.45) is 0 Å². The number of carbonyl (C=O) groups is 3. The summed E-state index contributed by atoms with van der Waals surface area (Å²) in [7, 11) is 1.45. The Morgan fingerprint density at radius 1 is 1.04 bits per heavy atom. The molecule has 0 saturated carbocycles. The fourth-order valence-corrected chi connectivity index (χ4v) is 4.33. The number of rotatable bonds is 11. The molecule has 0 aliphatic heterocycles. The highest BCUT2D eigenvalue weighted by atomic mass is 32.1. The number of alkyl halides is 7. The molecule has 0 aliphatic rings. The van der Waals surface area contributed by atoms with E-state index in [4.69, 9.17) is 9.90 Å². The van der Waals surface area contributed by atoms with Crippen molar-refractivity contribution in [1.29, 1.82) is 0 Å². The molecular formula is C26H23F7N8O5S. The minimum atomic E-state index is -5.08. The summed E-state index contributed by atoms with van der Waals surface area (Å²) in [5, 5.41) is 28.2. The van der Waals surface area contributed by atoms with Crippen LogP contribution in [0.15, 0.2) is 48.8 Å². The lowest BCUT2D eigenvalue weighted by molar-refractivity contribution is -0.274. The number of benzene rings is 1. The molecule has 3 N–H and O–H groups in total. The lowest BCUT2D eigenvalue weighted by atomic mass is 10.1. The molecule has 0 bridgehead atoms. The quantitative estimate of drug-likeness (QED) is 0.193. The molecule has 0 saturated heterocycles. The van der Waals surface area contributed by atoms with E-state index in [2.05, 4.69) is 40.9 Å². The van der Waals surface area contributed by atoms with E-state index in [0.29, 0.717) is 21.8 Å². The van der Waals surface area contributed by atoms with Gasteiger partial charge in [-0.25, -0.2) is 13.9 Å². The third-order valence-electron chi connectivity index (χ3n) is 5.57. The average Bonchev–Trinajstić information content (AvgIpc) is 3.64. The van der Waals surface area contributed by atoms with Crippen molar-refractivity contribution < 1.29 is 55.0 Å². The lowest BCUT2D eigenvalue weighted by Gasteiger charge is -2.10. The standard InChI is InChI=1S/C24H22F4N8O3S.C2HF3O2/c1-29-22(38)19-13-36(35-32-19)12-16(25)5-6-21-33-34-23(40-21)31-20(37)11-17-9-15(7-8-30-17)14-3-2-4-18(10-14)39-24(26,27)28;3-2(4,5)1(6)7/h2-4,7-10,13,16H,5-6,11-12H2,1H3,(H,29,38)(H,31,34,37);(H,6,7). The first-order valence-electron chi connectivity index (χ1n) is 13.0. The number of carboxylic acids is 1. The number of ether oxygens (including phenoxy) is 1. The van der Waals surface area contributed by atoms with Crippen LogP contribution in [0.1, 0.15) is 27.6 Å². The van der Waals surface area contributed by atoms with Crippen LogP contribution in [-0.2, 0) is 29.0 Å². The van der Waals surface area contributed by atoms with Gasteiger partial charge in [0, 0.05) is 19.7 Å². The van der Waals surface area contributed by atoms with Crippen LogP contribution < -0.4 is 15.4 Å². The van der Waals surface area contributed by atoms with Gasteiger partial charge >= 0.3 is 18.5 Å². The Bertz CT molecular complexity index is 1680. The van der Waals surface area contributed by atoms with Crippen molar-refractivity contribution in [2.45, 2.75) is 44.5 Å². The zero-order valence-electron chi connectivity index (χ0n) is 23.8.